The van der Waals surface area contributed by atoms with Gasteiger partial charge in [-0.15, -0.1) is 0 Å². The van der Waals surface area contributed by atoms with Crippen molar-refractivity contribution in [3.05, 3.63) is 30.5 Å². The van der Waals surface area contributed by atoms with E-state index < -0.39 is 0 Å². The van der Waals surface area contributed by atoms with Gasteiger partial charge in [-0.1, -0.05) is 6.08 Å². The van der Waals surface area contributed by atoms with Gasteiger partial charge in [-0.25, -0.2) is 4.98 Å². The monoisotopic (exact) mass is 215 g/mol. The van der Waals surface area contributed by atoms with Crippen molar-refractivity contribution in [2.24, 2.45) is 16.8 Å². The van der Waals surface area contributed by atoms with E-state index in [9.17, 15) is 0 Å². The van der Waals surface area contributed by atoms with Crippen molar-refractivity contribution in [3.8, 4) is 0 Å². The molecule has 2 aliphatic rings. The Morgan fingerprint density at radius 2 is 2.38 bits per heavy atom. The van der Waals surface area contributed by atoms with Crippen LogP contribution in [-0.2, 0) is 6.42 Å². The first-order valence-electron chi connectivity index (χ1n) is 6.10. The number of imidazole rings is 1. The molecule has 1 saturated carbocycles. The summed E-state index contributed by atoms with van der Waals surface area (Å²) in [7, 11) is 0. The molecular weight excluding hydrogens is 198 g/mol. The molecule has 1 N–H and O–H groups in total. The Morgan fingerprint density at radius 3 is 3.25 bits per heavy atom. The van der Waals surface area contributed by atoms with Gasteiger partial charge in [-0.2, -0.15) is 0 Å². The summed E-state index contributed by atoms with van der Waals surface area (Å²) in [5.41, 5.74) is 2.69. The molecule has 3 nitrogen and oxygen atoms in total. The van der Waals surface area contributed by atoms with Crippen LogP contribution in [-0.4, -0.2) is 15.7 Å². The SMILES string of the molecule is C1=CN=C2C[C@H](Cc3cnc[nH]3)CCC2C1. The Balaban J connectivity index is 1.66. The molecule has 3 heteroatoms. The van der Waals surface area contributed by atoms with Crippen molar-refractivity contribution in [2.45, 2.75) is 32.1 Å². The molecule has 0 amide bonds. The van der Waals surface area contributed by atoms with Crippen molar-refractivity contribution in [3.63, 3.8) is 0 Å². The smallest absolute Gasteiger partial charge is 0.0921 e. The number of aromatic nitrogens is 2. The lowest BCUT2D eigenvalue weighted by Crippen LogP contribution is -2.27. The van der Waals surface area contributed by atoms with Gasteiger partial charge in [0.15, 0.2) is 0 Å². The predicted molar refractivity (Wildman–Crippen MR) is 64.3 cm³/mol. The second kappa shape index (κ2) is 4.24. The Morgan fingerprint density at radius 1 is 1.38 bits per heavy atom. The molecular formula is C13H17N3. The molecule has 1 aliphatic carbocycles. The summed E-state index contributed by atoms with van der Waals surface area (Å²) in [5.74, 6) is 1.49. The number of nitrogens with one attached hydrogen (secondary N) is 1. The van der Waals surface area contributed by atoms with Crippen LogP contribution >= 0.6 is 0 Å². The van der Waals surface area contributed by atoms with Gasteiger partial charge in [0.05, 0.1) is 6.33 Å². The van der Waals surface area contributed by atoms with Crippen LogP contribution in [0, 0.1) is 11.8 Å². The normalized spacial score (nSPS) is 28.6. The molecule has 2 heterocycles. The number of aromatic amines is 1. The van der Waals surface area contributed by atoms with Crippen LogP contribution in [0.15, 0.2) is 29.8 Å². The quantitative estimate of drug-likeness (QED) is 0.809. The van der Waals surface area contributed by atoms with Gasteiger partial charge in [0, 0.05) is 29.7 Å². The highest BCUT2D eigenvalue weighted by Gasteiger charge is 2.27. The molecule has 1 aromatic rings. The van der Waals surface area contributed by atoms with Crippen molar-refractivity contribution >= 4 is 5.71 Å². The lowest BCUT2D eigenvalue weighted by Gasteiger charge is -2.30. The highest BCUT2D eigenvalue weighted by Crippen LogP contribution is 2.32. The maximum atomic E-state index is 4.54. The second-order valence-electron chi connectivity index (χ2n) is 4.87. The van der Waals surface area contributed by atoms with Gasteiger partial charge in [0.2, 0.25) is 0 Å². The number of hydrogen-bond acceptors (Lipinski definition) is 2. The summed E-state index contributed by atoms with van der Waals surface area (Å²) in [6.07, 6.45) is 14.0. The molecule has 1 fully saturated rings. The summed E-state index contributed by atoms with van der Waals surface area (Å²) in [6, 6.07) is 0. The van der Waals surface area contributed by atoms with Gasteiger partial charge in [0.25, 0.3) is 0 Å². The number of nitrogens with zero attached hydrogens (tertiary/aromatic N) is 2. The van der Waals surface area contributed by atoms with Gasteiger partial charge in [-0.3, -0.25) is 4.99 Å². The Hall–Kier alpha value is -1.38. The maximum Gasteiger partial charge on any atom is 0.0921 e. The zero-order valence-electron chi connectivity index (χ0n) is 9.39. The van der Waals surface area contributed by atoms with E-state index in [1.807, 2.05) is 12.4 Å². The summed E-state index contributed by atoms with van der Waals surface area (Å²) in [4.78, 5) is 11.8. The minimum absolute atomic E-state index is 0.739. The number of fused-ring (bicyclic) bond motifs is 1. The van der Waals surface area contributed by atoms with E-state index in [1.165, 1.54) is 37.1 Å². The summed E-state index contributed by atoms with van der Waals surface area (Å²) >= 11 is 0. The first-order valence-corrected chi connectivity index (χ1v) is 6.10. The highest BCUT2D eigenvalue weighted by atomic mass is 14.9. The molecule has 0 radical (unpaired) electrons. The van der Waals surface area contributed by atoms with Gasteiger partial charge >= 0.3 is 0 Å². The van der Waals surface area contributed by atoms with E-state index in [0.29, 0.717) is 0 Å². The van der Waals surface area contributed by atoms with Crippen LogP contribution in [0.5, 0.6) is 0 Å². The van der Waals surface area contributed by atoms with Crippen LogP contribution in [0.4, 0.5) is 0 Å². The third-order valence-corrected chi connectivity index (χ3v) is 3.72. The molecule has 2 atom stereocenters. The van der Waals surface area contributed by atoms with E-state index in [2.05, 4.69) is 21.0 Å². The molecule has 0 spiro atoms. The highest BCUT2D eigenvalue weighted by molar-refractivity contribution is 5.89. The molecule has 0 bridgehead atoms. The fourth-order valence-electron chi connectivity index (χ4n) is 2.84. The molecule has 3 rings (SSSR count). The van der Waals surface area contributed by atoms with Crippen molar-refractivity contribution in [1.82, 2.24) is 9.97 Å². The molecule has 84 valence electrons. The van der Waals surface area contributed by atoms with Crippen LogP contribution in [0.1, 0.15) is 31.4 Å². The molecule has 0 aromatic carbocycles. The average molecular weight is 215 g/mol. The number of allylic oxidation sites excluding steroid dienone is 1. The molecule has 1 aromatic heterocycles. The second-order valence-corrected chi connectivity index (χ2v) is 4.87. The molecule has 1 aliphatic heterocycles. The third kappa shape index (κ3) is 1.94. The van der Waals surface area contributed by atoms with Crippen molar-refractivity contribution in [2.75, 3.05) is 0 Å². The first kappa shape index (κ1) is 9.82. The number of rotatable bonds is 2. The summed E-state index contributed by atoms with van der Waals surface area (Å²) in [6.45, 7) is 0. The van der Waals surface area contributed by atoms with E-state index in [1.54, 1.807) is 6.33 Å². The fraction of sp³-hybridized carbons (Fsp3) is 0.538. The van der Waals surface area contributed by atoms with Crippen LogP contribution in [0.2, 0.25) is 0 Å². The van der Waals surface area contributed by atoms with Gasteiger partial charge < -0.3 is 4.98 Å². The fourth-order valence-corrected chi connectivity index (χ4v) is 2.84. The van der Waals surface area contributed by atoms with Crippen molar-refractivity contribution < 1.29 is 0 Å². The summed E-state index contributed by atoms with van der Waals surface area (Å²) in [5, 5.41) is 0. The van der Waals surface area contributed by atoms with Gasteiger partial charge in [-0.05, 0) is 38.0 Å². The first-order chi connectivity index (χ1) is 7.92. The standard InChI is InChI=1S/C13H17N3/c1-2-11-4-3-10(7-13(11)15-5-1)6-12-8-14-9-16-12/h1,5,8-11H,2-4,6-7H2,(H,14,16)/t10-,11?/m0/s1. The summed E-state index contributed by atoms with van der Waals surface area (Å²) < 4.78 is 0. The Labute approximate surface area is 95.7 Å². The van der Waals surface area contributed by atoms with Crippen LogP contribution in [0.25, 0.3) is 0 Å². The lowest BCUT2D eigenvalue weighted by atomic mass is 9.76. The minimum atomic E-state index is 0.739. The maximum absolute atomic E-state index is 4.54. The largest absolute Gasteiger partial charge is 0.348 e. The Bertz CT molecular complexity index is 403. The molecule has 1 unspecified atom stereocenters. The zero-order valence-corrected chi connectivity index (χ0v) is 9.39. The van der Waals surface area contributed by atoms with Crippen molar-refractivity contribution in [1.29, 1.82) is 0 Å². The lowest BCUT2D eigenvalue weighted by molar-refractivity contribution is 0.398. The van der Waals surface area contributed by atoms with Crippen LogP contribution < -0.4 is 0 Å². The zero-order chi connectivity index (χ0) is 10.8. The number of hydrogen-bond donors (Lipinski definition) is 1. The average Bonchev–Trinajstić information content (AvgIpc) is 2.82. The topological polar surface area (TPSA) is 41.0 Å². The van der Waals surface area contributed by atoms with Gasteiger partial charge in [0.1, 0.15) is 0 Å². The third-order valence-electron chi connectivity index (χ3n) is 3.72. The minimum Gasteiger partial charge on any atom is -0.348 e. The number of H-pyrrole nitrogens is 1. The van der Waals surface area contributed by atoms with E-state index in [-0.39, 0.29) is 0 Å². The Kier molecular flexibility index (Phi) is 2.60. The molecule has 16 heavy (non-hydrogen) atoms. The predicted octanol–water partition coefficient (Wildman–Crippen LogP) is 2.73. The van der Waals surface area contributed by atoms with E-state index in [4.69, 9.17) is 0 Å². The van der Waals surface area contributed by atoms with E-state index >= 15 is 0 Å². The van der Waals surface area contributed by atoms with Crippen LogP contribution in [0.3, 0.4) is 0 Å². The van der Waals surface area contributed by atoms with E-state index in [0.717, 1.165) is 18.3 Å². The molecule has 0 saturated heterocycles. The number of aliphatic imine (C=N–C) groups is 1.